The van der Waals surface area contributed by atoms with Crippen molar-refractivity contribution in [3.8, 4) is 0 Å². The van der Waals surface area contributed by atoms with Crippen LogP contribution in [0.3, 0.4) is 0 Å². The van der Waals surface area contributed by atoms with Crippen molar-refractivity contribution in [2.24, 2.45) is 5.41 Å². The Morgan fingerprint density at radius 2 is 1.96 bits per heavy atom. The third-order valence-corrected chi connectivity index (χ3v) is 5.94. The van der Waals surface area contributed by atoms with E-state index in [1.807, 2.05) is 5.38 Å². The number of nitrogens with zero attached hydrogens (tertiary/aromatic N) is 1. The molecule has 1 atom stereocenters. The first-order valence-electron chi connectivity index (χ1n) is 7.77. The highest BCUT2D eigenvalue weighted by atomic mass is 32.1. The van der Waals surface area contributed by atoms with Gasteiger partial charge in [-0.1, -0.05) is 0 Å². The molecular formula is C16H19NO5S. The van der Waals surface area contributed by atoms with E-state index < -0.39 is 23.8 Å². The minimum atomic E-state index is -1.36. The smallest absolute Gasteiger partial charge is 0.312 e. The first kappa shape index (κ1) is 16.0. The molecule has 1 saturated heterocycles. The number of hydrogen-bond donors (Lipinski definition) is 2. The first-order valence-corrected chi connectivity index (χ1v) is 8.65. The number of likely N-dealkylation sites (tertiary alicyclic amines) is 1. The predicted molar refractivity (Wildman–Crippen MR) is 83.8 cm³/mol. The van der Waals surface area contributed by atoms with Gasteiger partial charge in [0.1, 0.15) is 0 Å². The molecule has 2 heterocycles. The van der Waals surface area contributed by atoms with Crippen molar-refractivity contribution in [1.29, 1.82) is 0 Å². The van der Waals surface area contributed by atoms with Crippen molar-refractivity contribution in [2.45, 2.75) is 38.5 Å². The third-order valence-electron chi connectivity index (χ3n) is 4.88. The molecule has 3 rings (SSSR count). The van der Waals surface area contributed by atoms with Gasteiger partial charge in [-0.3, -0.25) is 14.4 Å². The molecule has 2 aliphatic rings. The number of thiophene rings is 1. The fraction of sp³-hybridized carbons (Fsp3) is 0.562. The molecule has 0 aromatic carbocycles. The van der Waals surface area contributed by atoms with Gasteiger partial charge >= 0.3 is 11.9 Å². The van der Waals surface area contributed by atoms with Crippen LogP contribution >= 0.6 is 11.3 Å². The molecule has 1 aromatic heterocycles. The maximum absolute atomic E-state index is 12.8. The van der Waals surface area contributed by atoms with Gasteiger partial charge in [-0.25, -0.2) is 0 Å². The van der Waals surface area contributed by atoms with Gasteiger partial charge in [0.25, 0.3) is 5.91 Å². The van der Waals surface area contributed by atoms with E-state index in [2.05, 4.69) is 0 Å². The lowest BCUT2D eigenvalue weighted by Crippen LogP contribution is -2.38. The second kappa shape index (κ2) is 5.96. The Balaban J connectivity index is 1.80. The Kier molecular flexibility index (Phi) is 4.14. The molecule has 0 radical (unpaired) electrons. The number of carboxylic acid groups (broad SMARTS) is 2. The summed E-state index contributed by atoms with van der Waals surface area (Å²) in [6.45, 7) is 0.269. The fourth-order valence-electron chi connectivity index (χ4n) is 3.57. The summed E-state index contributed by atoms with van der Waals surface area (Å²) in [7, 11) is 0. The molecule has 0 spiro atoms. The Morgan fingerprint density at radius 1 is 1.22 bits per heavy atom. The number of carboxylic acids is 2. The molecule has 1 amide bonds. The lowest BCUT2D eigenvalue weighted by atomic mass is 9.84. The summed E-state index contributed by atoms with van der Waals surface area (Å²) in [6, 6.07) is 0. The van der Waals surface area contributed by atoms with Gasteiger partial charge in [0.2, 0.25) is 0 Å². The lowest BCUT2D eigenvalue weighted by Gasteiger charge is -2.23. The Bertz CT molecular complexity index is 667. The van der Waals surface area contributed by atoms with E-state index in [9.17, 15) is 19.5 Å². The minimum Gasteiger partial charge on any atom is -0.481 e. The van der Waals surface area contributed by atoms with Crippen LogP contribution in [0.4, 0.5) is 0 Å². The summed E-state index contributed by atoms with van der Waals surface area (Å²) >= 11 is 1.43. The monoisotopic (exact) mass is 337 g/mol. The summed E-state index contributed by atoms with van der Waals surface area (Å²) in [6.07, 6.45) is 3.84. The van der Waals surface area contributed by atoms with Crippen molar-refractivity contribution in [3.63, 3.8) is 0 Å². The van der Waals surface area contributed by atoms with Crippen LogP contribution in [0.15, 0.2) is 5.38 Å². The molecular weight excluding hydrogens is 318 g/mol. The number of hydrogen-bond acceptors (Lipinski definition) is 4. The summed E-state index contributed by atoms with van der Waals surface area (Å²) in [5.41, 5.74) is 0.981. The number of carbonyl (C=O) groups is 3. The highest BCUT2D eigenvalue weighted by Crippen LogP contribution is 2.37. The van der Waals surface area contributed by atoms with E-state index in [1.165, 1.54) is 21.8 Å². The molecule has 1 aromatic rings. The molecule has 1 aliphatic heterocycles. The van der Waals surface area contributed by atoms with Crippen molar-refractivity contribution in [1.82, 2.24) is 4.90 Å². The van der Waals surface area contributed by atoms with E-state index in [0.717, 1.165) is 31.2 Å². The van der Waals surface area contributed by atoms with Crippen molar-refractivity contribution < 1.29 is 24.6 Å². The van der Waals surface area contributed by atoms with Crippen LogP contribution in [0.25, 0.3) is 0 Å². The molecule has 0 bridgehead atoms. The second-order valence-electron chi connectivity index (χ2n) is 6.41. The van der Waals surface area contributed by atoms with Gasteiger partial charge < -0.3 is 15.1 Å². The minimum absolute atomic E-state index is 0.0276. The van der Waals surface area contributed by atoms with Crippen LogP contribution in [0.2, 0.25) is 0 Å². The number of carbonyl (C=O) groups excluding carboxylic acids is 1. The zero-order valence-electron chi connectivity index (χ0n) is 12.7. The number of amides is 1. The second-order valence-corrected chi connectivity index (χ2v) is 7.29. The van der Waals surface area contributed by atoms with E-state index >= 15 is 0 Å². The van der Waals surface area contributed by atoms with Gasteiger partial charge in [0.15, 0.2) is 0 Å². The summed E-state index contributed by atoms with van der Waals surface area (Å²) in [5.74, 6) is -2.43. The maximum Gasteiger partial charge on any atom is 0.312 e. The predicted octanol–water partition coefficient (Wildman–Crippen LogP) is 2.02. The largest absolute Gasteiger partial charge is 0.481 e. The summed E-state index contributed by atoms with van der Waals surface area (Å²) < 4.78 is 0. The van der Waals surface area contributed by atoms with Crippen LogP contribution in [0, 0.1) is 5.41 Å². The molecule has 0 saturated carbocycles. The number of fused-ring (bicyclic) bond motifs is 1. The van der Waals surface area contributed by atoms with E-state index in [1.54, 1.807) is 0 Å². The van der Waals surface area contributed by atoms with Crippen LogP contribution in [-0.2, 0) is 22.4 Å². The van der Waals surface area contributed by atoms with Crippen molar-refractivity contribution in [3.05, 3.63) is 21.4 Å². The molecule has 2 N–H and O–H groups in total. The standard InChI is InChI=1S/C16H19NO5S/c18-12(19)7-16(15(21)22)5-6-17(9-16)14(20)13-11-4-2-1-3-10(11)8-23-13/h8H,1-7,9H2,(H,18,19)(H,21,22). The Morgan fingerprint density at radius 3 is 2.65 bits per heavy atom. The fourth-order valence-corrected chi connectivity index (χ4v) is 4.70. The third kappa shape index (κ3) is 2.85. The van der Waals surface area contributed by atoms with E-state index in [-0.39, 0.29) is 18.9 Å². The molecule has 124 valence electrons. The zero-order chi connectivity index (χ0) is 16.6. The van der Waals surface area contributed by atoms with E-state index in [0.29, 0.717) is 11.4 Å². The van der Waals surface area contributed by atoms with Crippen LogP contribution < -0.4 is 0 Å². The average molecular weight is 337 g/mol. The summed E-state index contributed by atoms with van der Waals surface area (Å²) in [4.78, 5) is 37.5. The molecule has 23 heavy (non-hydrogen) atoms. The maximum atomic E-state index is 12.8. The van der Waals surface area contributed by atoms with Crippen LogP contribution in [-0.4, -0.2) is 46.0 Å². The Hall–Kier alpha value is -1.89. The topological polar surface area (TPSA) is 94.9 Å². The van der Waals surface area contributed by atoms with Gasteiger partial charge in [-0.15, -0.1) is 11.3 Å². The number of aryl methyl sites for hydroxylation is 1. The van der Waals surface area contributed by atoms with Gasteiger partial charge in [0.05, 0.1) is 16.7 Å². The average Bonchev–Trinajstić information content (AvgIpc) is 3.11. The quantitative estimate of drug-likeness (QED) is 0.876. The van der Waals surface area contributed by atoms with Crippen LogP contribution in [0.5, 0.6) is 0 Å². The highest BCUT2D eigenvalue weighted by Gasteiger charge is 2.48. The first-order chi connectivity index (χ1) is 10.9. The molecule has 1 unspecified atom stereocenters. The molecule has 7 heteroatoms. The number of rotatable bonds is 4. The summed E-state index contributed by atoms with van der Waals surface area (Å²) in [5, 5.41) is 20.5. The Labute approximate surface area is 137 Å². The molecule has 1 aliphatic carbocycles. The van der Waals surface area contributed by atoms with Crippen molar-refractivity contribution in [2.75, 3.05) is 13.1 Å². The molecule has 1 fully saturated rings. The van der Waals surface area contributed by atoms with Crippen molar-refractivity contribution >= 4 is 29.2 Å². The SMILES string of the molecule is O=C(O)CC1(C(=O)O)CCN(C(=O)c2scc3c2CCCC3)C1. The number of aliphatic carboxylic acids is 2. The van der Waals surface area contributed by atoms with Crippen LogP contribution in [0.1, 0.15) is 46.5 Å². The lowest BCUT2D eigenvalue weighted by molar-refractivity contribution is -0.154. The van der Waals surface area contributed by atoms with E-state index in [4.69, 9.17) is 5.11 Å². The van der Waals surface area contributed by atoms with Gasteiger partial charge in [-0.05, 0) is 48.6 Å². The molecule has 6 nitrogen and oxygen atoms in total. The highest BCUT2D eigenvalue weighted by molar-refractivity contribution is 7.12. The zero-order valence-corrected chi connectivity index (χ0v) is 13.5. The van der Waals surface area contributed by atoms with Gasteiger partial charge in [-0.2, -0.15) is 0 Å². The van der Waals surface area contributed by atoms with Gasteiger partial charge in [0, 0.05) is 13.1 Å². The normalized spacial score (nSPS) is 23.6.